The van der Waals surface area contributed by atoms with Gasteiger partial charge in [0.05, 0.1) is 10.7 Å². The van der Waals surface area contributed by atoms with Crippen LogP contribution in [0.3, 0.4) is 0 Å². The number of nitrogens with zero attached hydrogens (tertiary/aromatic N) is 3. The van der Waals surface area contributed by atoms with Gasteiger partial charge in [0.1, 0.15) is 11.4 Å². The summed E-state index contributed by atoms with van der Waals surface area (Å²) in [5.41, 5.74) is 2.42. The number of fused-ring (bicyclic) bond motifs is 1. The summed E-state index contributed by atoms with van der Waals surface area (Å²) in [4.78, 5) is 9.60. The first kappa shape index (κ1) is 18.0. The second-order valence-corrected chi connectivity index (χ2v) is 9.15. The number of rotatable bonds is 3. The van der Waals surface area contributed by atoms with E-state index in [0.29, 0.717) is 6.04 Å². The highest BCUT2D eigenvalue weighted by atomic mass is 32.1. The Balaban J connectivity index is 1.58. The van der Waals surface area contributed by atoms with Gasteiger partial charge in [-0.05, 0) is 52.8 Å². The molecular weight excluding hydrogens is 342 g/mol. The van der Waals surface area contributed by atoms with Crippen LogP contribution in [0.15, 0.2) is 29.6 Å². The zero-order valence-electron chi connectivity index (χ0n) is 16.1. The molecule has 5 heteroatoms. The average Bonchev–Trinajstić information content (AvgIpc) is 2.94. The van der Waals surface area contributed by atoms with Gasteiger partial charge in [0.15, 0.2) is 0 Å². The molecule has 0 N–H and O–H groups in total. The Kier molecular flexibility index (Phi) is 5.04. The van der Waals surface area contributed by atoms with Crippen molar-refractivity contribution in [2.24, 2.45) is 0 Å². The predicted octanol–water partition coefficient (Wildman–Crippen LogP) is 4.09. The fraction of sp³-hybridized carbons (Fsp3) is 0.571. The molecule has 0 saturated heterocycles. The fourth-order valence-electron chi connectivity index (χ4n) is 4.43. The Hall–Kier alpha value is -1.43. The van der Waals surface area contributed by atoms with Gasteiger partial charge >= 0.3 is 0 Å². The van der Waals surface area contributed by atoms with Crippen LogP contribution in [0.2, 0.25) is 0 Å². The van der Waals surface area contributed by atoms with E-state index in [2.05, 4.69) is 65.4 Å². The SMILES string of the molecule is Cc1nc(CN2Cc3ccccc3OC3(CCC(N(C)C)CC3)C2)cs1. The maximum Gasteiger partial charge on any atom is 0.124 e. The summed E-state index contributed by atoms with van der Waals surface area (Å²) in [6, 6.07) is 9.24. The van der Waals surface area contributed by atoms with Crippen molar-refractivity contribution < 1.29 is 4.74 Å². The van der Waals surface area contributed by atoms with Gasteiger partial charge in [-0.15, -0.1) is 11.3 Å². The maximum absolute atomic E-state index is 6.71. The van der Waals surface area contributed by atoms with E-state index in [1.165, 1.54) is 24.1 Å². The van der Waals surface area contributed by atoms with Gasteiger partial charge in [-0.1, -0.05) is 18.2 Å². The Bertz CT molecular complexity index is 749. The summed E-state index contributed by atoms with van der Waals surface area (Å²) < 4.78 is 6.71. The second kappa shape index (κ2) is 7.29. The van der Waals surface area contributed by atoms with Crippen LogP contribution in [-0.2, 0) is 13.1 Å². The van der Waals surface area contributed by atoms with Crippen molar-refractivity contribution in [2.75, 3.05) is 20.6 Å². The smallest absolute Gasteiger partial charge is 0.124 e. The standard InChI is InChI=1S/C21H29N3OS/c1-16-22-18(14-26-16)13-24-12-17-6-4-5-7-20(17)25-21(15-24)10-8-19(9-11-21)23(2)3/h4-7,14,19H,8-13,15H2,1-3H3. The predicted molar refractivity (Wildman–Crippen MR) is 107 cm³/mol. The van der Waals surface area contributed by atoms with E-state index in [-0.39, 0.29) is 5.60 Å². The summed E-state index contributed by atoms with van der Waals surface area (Å²) in [7, 11) is 4.39. The van der Waals surface area contributed by atoms with E-state index in [0.717, 1.165) is 43.2 Å². The van der Waals surface area contributed by atoms with Crippen LogP contribution in [0.1, 0.15) is 41.9 Å². The first-order chi connectivity index (χ1) is 12.5. The molecule has 1 fully saturated rings. The molecule has 1 aliphatic carbocycles. The summed E-state index contributed by atoms with van der Waals surface area (Å²) in [5.74, 6) is 1.08. The molecule has 0 atom stereocenters. The van der Waals surface area contributed by atoms with E-state index in [9.17, 15) is 0 Å². The van der Waals surface area contributed by atoms with Crippen LogP contribution in [0.4, 0.5) is 0 Å². The third-order valence-electron chi connectivity index (χ3n) is 5.85. The molecule has 2 aromatic rings. The molecule has 1 saturated carbocycles. The van der Waals surface area contributed by atoms with Gasteiger partial charge in [-0.2, -0.15) is 0 Å². The Morgan fingerprint density at radius 1 is 1.27 bits per heavy atom. The third-order valence-corrected chi connectivity index (χ3v) is 6.68. The number of para-hydroxylation sites is 1. The molecule has 2 aliphatic rings. The van der Waals surface area contributed by atoms with E-state index in [1.54, 1.807) is 11.3 Å². The van der Waals surface area contributed by atoms with Crippen molar-refractivity contribution in [1.29, 1.82) is 0 Å². The van der Waals surface area contributed by atoms with Gasteiger partial charge in [0.2, 0.25) is 0 Å². The molecule has 1 aromatic heterocycles. The second-order valence-electron chi connectivity index (χ2n) is 8.09. The molecule has 140 valence electrons. The molecule has 0 bridgehead atoms. The molecule has 0 amide bonds. The number of hydrogen-bond donors (Lipinski definition) is 0. The van der Waals surface area contributed by atoms with E-state index in [4.69, 9.17) is 4.74 Å². The van der Waals surface area contributed by atoms with Crippen LogP contribution in [0.5, 0.6) is 5.75 Å². The largest absolute Gasteiger partial charge is 0.486 e. The van der Waals surface area contributed by atoms with Crippen LogP contribution in [-0.4, -0.2) is 47.1 Å². The van der Waals surface area contributed by atoms with Crippen molar-refractivity contribution in [3.63, 3.8) is 0 Å². The highest BCUT2D eigenvalue weighted by Crippen LogP contribution is 2.39. The minimum Gasteiger partial charge on any atom is -0.486 e. The first-order valence-corrected chi connectivity index (χ1v) is 10.5. The zero-order chi connectivity index (χ0) is 18.1. The van der Waals surface area contributed by atoms with Crippen molar-refractivity contribution in [3.05, 3.63) is 45.9 Å². The minimum absolute atomic E-state index is 0.0653. The number of thiazole rings is 1. The Morgan fingerprint density at radius 2 is 2.04 bits per heavy atom. The summed E-state index contributed by atoms with van der Waals surface area (Å²) in [6.07, 6.45) is 4.66. The number of aromatic nitrogens is 1. The number of ether oxygens (including phenoxy) is 1. The maximum atomic E-state index is 6.71. The molecule has 1 aromatic carbocycles. The summed E-state index contributed by atoms with van der Waals surface area (Å²) in [5, 5.41) is 3.34. The lowest BCUT2D eigenvalue weighted by Gasteiger charge is -2.43. The summed E-state index contributed by atoms with van der Waals surface area (Å²) in [6.45, 7) is 4.91. The molecule has 26 heavy (non-hydrogen) atoms. The third kappa shape index (κ3) is 3.80. The minimum atomic E-state index is -0.0653. The zero-order valence-corrected chi connectivity index (χ0v) is 16.9. The topological polar surface area (TPSA) is 28.6 Å². The van der Waals surface area contributed by atoms with Crippen molar-refractivity contribution in [3.8, 4) is 5.75 Å². The van der Waals surface area contributed by atoms with Crippen LogP contribution < -0.4 is 4.74 Å². The quantitative estimate of drug-likeness (QED) is 0.812. The van der Waals surface area contributed by atoms with E-state index >= 15 is 0 Å². The number of hydrogen-bond acceptors (Lipinski definition) is 5. The lowest BCUT2D eigenvalue weighted by molar-refractivity contribution is -0.0137. The van der Waals surface area contributed by atoms with Gasteiger partial charge < -0.3 is 9.64 Å². The van der Waals surface area contributed by atoms with Crippen LogP contribution >= 0.6 is 11.3 Å². The van der Waals surface area contributed by atoms with Gasteiger partial charge in [0, 0.05) is 36.6 Å². The van der Waals surface area contributed by atoms with Crippen LogP contribution in [0.25, 0.3) is 0 Å². The molecule has 0 radical (unpaired) electrons. The highest BCUT2D eigenvalue weighted by Gasteiger charge is 2.41. The lowest BCUT2D eigenvalue weighted by atomic mass is 9.81. The van der Waals surface area contributed by atoms with Gasteiger partial charge in [0.25, 0.3) is 0 Å². The fourth-order valence-corrected chi connectivity index (χ4v) is 5.03. The van der Waals surface area contributed by atoms with Crippen molar-refractivity contribution in [2.45, 2.75) is 57.3 Å². The normalized spacial score (nSPS) is 26.5. The van der Waals surface area contributed by atoms with Crippen molar-refractivity contribution in [1.82, 2.24) is 14.8 Å². The first-order valence-electron chi connectivity index (χ1n) is 9.60. The lowest BCUT2D eigenvalue weighted by Crippen LogP contribution is -2.50. The molecule has 0 unspecified atom stereocenters. The molecular formula is C21H29N3OS. The molecule has 1 aliphatic heterocycles. The average molecular weight is 372 g/mol. The number of benzene rings is 1. The summed E-state index contributed by atoms with van der Waals surface area (Å²) >= 11 is 1.74. The van der Waals surface area contributed by atoms with Crippen LogP contribution in [0, 0.1) is 6.92 Å². The highest BCUT2D eigenvalue weighted by molar-refractivity contribution is 7.09. The van der Waals surface area contributed by atoms with Gasteiger partial charge in [-0.3, -0.25) is 4.90 Å². The van der Waals surface area contributed by atoms with Gasteiger partial charge in [-0.25, -0.2) is 4.98 Å². The number of aryl methyl sites for hydroxylation is 1. The molecule has 4 rings (SSSR count). The Morgan fingerprint density at radius 3 is 2.73 bits per heavy atom. The monoisotopic (exact) mass is 371 g/mol. The van der Waals surface area contributed by atoms with E-state index in [1.807, 2.05) is 0 Å². The molecule has 4 nitrogen and oxygen atoms in total. The van der Waals surface area contributed by atoms with E-state index < -0.39 is 0 Å². The molecule has 1 spiro atoms. The van der Waals surface area contributed by atoms with Crippen molar-refractivity contribution >= 4 is 11.3 Å². The molecule has 2 heterocycles. The Labute approximate surface area is 160 Å².